The number of halogens is 1. The Labute approximate surface area is 210 Å². The summed E-state index contributed by atoms with van der Waals surface area (Å²) in [5.74, 6) is -0.725. The number of ether oxygens (including phenoxy) is 1. The van der Waals surface area contributed by atoms with Gasteiger partial charge in [0.05, 0.1) is 34.8 Å². The topological polar surface area (TPSA) is 125 Å². The Bertz CT molecular complexity index is 1090. The van der Waals surface area contributed by atoms with Crippen molar-refractivity contribution in [3.63, 3.8) is 0 Å². The zero-order chi connectivity index (χ0) is 25.2. The molecule has 3 amide bonds. The van der Waals surface area contributed by atoms with E-state index in [9.17, 15) is 22.8 Å². The van der Waals surface area contributed by atoms with Gasteiger partial charge in [-0.25, -0.2) is 8.42 Å². The van der Waals surface area contributed by atoms with Gasteiger partial charge in [0, 0.05) is 26.1 Å². The van der Waals surface area contributed by atoms with Gasteiger partial charge < -0.3 is 19.9 Å². The number of nitrogens with zero attached hydrogens (tertiary/aromatic N) is 2. The zero-order valence-corrected chi connectivity index (χ0v) is 21.2. The second-order valence-electron chi connectivity index (χ2n) is 9.32. The fourth-order valence-electron chi connectivity index (χ4n) is 4.59. The van der Waals surface area contributed by atoms with Gasteiger partial charge in [-0.2, -0.15) is 4.72 Å². The zero-order valence-electron chi connectivity index (χ0n) is 19.7. The molecule has 0 bridgehead atoms. The number of carbonyl (C=O) groups is 3. The fourth-order valence-corrected chi connectivity index (χ4v) is 6.13. The van der Waals surface area contributed by atoms with Crippen LogP contribution in [0, 0.1) is 5.92 Å². The number of anilines is 1. The first kappa shape index (κ1) is 25.9. The lowest BCUT2D eigenvalue weighted by atomic mass is 10.1. The van der Waals surface area contributed by atoms with Crippen LogP contribution < -0.4 is 10.0 Å². The number of nitrogens with one attached hydrogen (secondary N) is 2. The predicted octanol–water partition coefficient (Wildman–Crippen LogP) is 1.60. The smallest absolute Gasteiger partial charge is 0.242 e. The largest absolute Gasteiger partial charge is 0.383 e. The second-order valence-corrected chi connectivity index (χ2v) is 11.4. The minimum atomic E-state index is -4.05. The SMILES string of the molecule is COCC1CCCN1C(=O)CN1CCC[C@H](NS(=O)(=O)c2ccc(NC(=O)C3CC3)c(Cl)c2)C1=O. The minimum absolute atomic E-state index is 0.00321. The Morgan fingerprint density at radius 1 is 1.14 bits per heavy atom. The molecule has 2 N–H and O–H groups in total. The average molecular weight is 527 g/mol. The van der Waals surface area contributed by atoms with E-state index in [-0.39, 0.29) is 40.2 Å². The van der Waals surface area contributed by atoms with E-state index in [4.69, 9.17) is 16.3 Å². The van der Waals surface area contributed by atoms with E-state index in [0.29, 0.717) is 38.2 Å². The molecule has 2 aliphatic heterocycles. The maximum Gasteiger partial charge on any atom is 0.242 e. The molecule has 1 aromatic carbocycles. The van der Waals surface area contributed by atoms with Crippen LogP contribution in [0.3, 0.4) is 0 Å². The van der Waals surface area contributed by atoms with Crippen LogP contribution in [-0.4, -0.2) is 81.4 Å². The molecule has 35 heavy (non-hydrogen) atoms. The molecule has 0 radical (unpaired) electrons. The van der Waals surface area contributed by atoms with Crippen molar-refractivity contribution in [1.82, 2.24) is 14.5 Å². The standard InChI is InChI=1S/C23H31ClN4O6S/c1-34-14-16-4-2-11-28(16)21(29)13-27-10-3-5-20(23(27)31)26-35(32,33)17-8-9-19(18(24)12-17)25-22(30)15-6-7-15/h8-9,12,15-16,20,26H,2-7,10-11,13-14H2,1H3,(H,25,30)/t16?,20-/m0/s1. The Hall–Kier alpha value is -2.21. The molecule has 4 rings (SSSR count). The number of likely N-dealkylation sites (tertiary alicyclic amines) is 2. The number of rotatable bonds is 9. The third-order valence-electron chi connectivity index (χ3n) is 6.67. The molecule has 2 atom stereocenters. The number of hydrogen-bond donors (Lipinski definition) is 2. The lowest BCUT2D eigenvalue weighted by molar-refractivity contribution is -0.144. The molecule has 10 nitrogen and oxygen atoms in total. The Morgan fingerprint density at radius 2 is 1.89 bits per heavy atom. The number of piperidine rings is 1. The number of hydrogen-bond acceptors (Lipinski definition) is 6. The van der Waals surface area contributed by atoms with Gasteiger partial charge in [0.1, 0.15) is 6.04 Å². The van der Waals surface area contributed by atoms with Gasteiger partial charge in [-0.1, -0.05) is 11.6 Å². The predicted molar refractivity (Wildman–Crippen MR) is 129 cm³/mol. The summed E-state index contributed by atoms with van der Waals surface area (Å²) in [6.07, 6.45) is 4.33. The molecule has 3 fully saturated rings. The maximum atomic E-state index is 13.0. The number of amides is 3. The number of carbonyl (C=O) groups excluding carboxylic acids is 3. The molecule has 1 aliphatic carbocycles. The lowest BCUT2D eigenvalue weighted by Gasteiger charge is -2.34. The number of sulfonamides is 1. The van der Waals surface area contributed by atoms with E-state index in [1.54, 1.807) is 12.0 Å². The summed E-state index contributed by atoms with van der Waals surface area (Å²) in [5, 5.41) is 2.80. The van der Waals surface area contributed by atoms with Crippen molar-refractivity contribution in [3.05, 3.63) is 23.2 Å². The van der Waals surface area contributed by atoms with Crippen molar-refractivity contribution in [3.8, 4) is 0 Å². The summed E-state index contributed by atoms with van der Waals surface area (Å²) >= 11 is 6.22. The summed E-state index contributed by atoms with van der Waals surface area (Å²) in [4.78, 5) is 40.9. The molecule has 2 saturated heterocycles. The van der Waals surface area contributed by atoms with Crippen LogP contribution >= 0.6 is 11.6 Å². The van der Waals surface area contributed by atoms with Crippen LogP contribution in [0.15, 0.2) is 23.1 Å². The van der Waals surface area contributed by atoms with E-state index in [1.807, 2.05) is 0 Å². The summed E-state index contributed by atoms with van der Waals surface area (Å²) in [7, 11) is -2.46. The third kappa shape index (κ3) is 6.14. The first-order chi connectivity index (χ1) is 16.7. The molecule has 1 saturated carbocycles. The van der Waals surface area contributed by atoms with Gasteiger partial charge in [-0.3, -0.25) is 14.4 Å². The summed E-state index contributed by atoms with van der Waals surface area (Å²) in [6.45, 7) is 1.39. The average Bonchev–Trinajstić information content (AvgIpc) is 3.56. The second kappa shape index (κ2) is 10.8. The molecule has 192 valence electrons. The van der Waals surface area contributed by atoms with Crippen LogP contribution in [0.4, 0.5) is 5.69 Å². The van der Waals surface area contributed by atoms with Gasteiger partial charge >= 0.3 is 0 Å². The van der Waals surface area contributed by atoms with Gasteiger partial charge in [0.25, 0.3) is 0 Å². The molecule has 2 heterocycles. The molecule has 0 spiro atoms. The molecular formula is C23H31ClN4O6S. The summed E-state index contributed by atoms with van der Waals surface area (Å²) < 4.78 is 33.6. The van der Waals surface area contributed by atoms with Gasteiger partial charge in [0.2, 0.25) is 27.7 Å². The highest BCUT2D eigenvalue weighted by molar-refractivity contribution is 7.89. The van der Waals surface area contributed by atoms with Gasteiger partial charge in [-0.15, -0.1) is 0 Å². The summed E-state index contributed by atoms with van der Waals surface area (Å²) in [5.41, 5.74) is 0.342. The van der Waals surface area contributed by atoms with Crippen LogP contribution in [0.2, 0.25) is 5.02 Å². The van der Waals surface area contributed by atoms with Crippen LogP contribution in [0.5, 0.6) is 0 Å². The van der Waals surface area contributed by atoms with Crippen molar-refractivity contribution in [1.29, 1.82) is 0 Å². The van der Waals surface area contributed by atoms with Crippen molar-refractivity contribution in [2.75, 3.05) is 38.7 Å². The quantitative estimate of drug-likeness (QED) is 0.503. The monoisotopic (exact) mass is 526 g/mol. The summed E-state index contributed by atoms with van der Waals surface area (Å²) in [6, 6.07) is 3.07. The van der Waals surface area contributed by atoms with Gasteiger partial charge in [0.15, 0.2) is 0 Å². The van der Waals surface area contributed by atoms with E-state index in [2.05, 4.69) is 10.0 Å². The van der Waals surface area contributed by atoms with Crippen LogP contribution in [0.25, 0.3) is 0 Å². The minimum Gasteiger partial charge on any atom is -0.383 e. The lowest BCUT2D eigenvalue weighted by Crippen LogP contribution is -2.55. The third-order valence-corrected chi connectivity index (χ3v) is 8.45. The van der Waals surface area contributed by atoms with Gasteiger partial charge in [-0.05, 0) is 56.7 Å². The van der Waals surface area contributed by atoms with Crippen molar-refractivity contribution in [2.45, 2.75) is 55.5 Å². The Balaban J connectivity index is 1.39. The molecule has 12 heteroatoms. The Kier molecular flexibility index (Phi) is 7.99. The highest BCUT2D eigenvalue weighted by Gasteiger charge is 2.36. The van der Waals surface area contributed by atoms with Crippen LogP contribution in [-0.2, 0) is 29.1 Å². The molecule has 3 aliphatic rings. The van der Waals surface area contributed by atoms with Crippen LogP contribution in [0.1, 0.15) is 38.5 Å². The Morgan fingerprint density at radius 3 is 2.57 bits per heavy atom. The van der Waals surface area contributed by atoms with Crippen molar-refractivity contribution >= 4 is 45.0 Å². The maximum absolute atomic E-state index is 13.0. The first-order valence-corrected chi connectivity index (χ1v) is 13.8. The molecule has 1 unspecified atom stereocenters. The van der Waals surface area contributed by atoms with Crippen molar-refractivity contribution < 1.29 is 27.5 Å². The molecule has 0 aromatic heterocycles. The molecule has 1 aromatic rings. The first-order valence-electron chi connectivity index (χ1n) is 11.9. The van der Waals surface area contributed by atoms with E-state index >= 15 is 0 Å². The number of methoxy groups -OCH3 is 1. The van der Waals surface area contributed by atoms with E-state index in [0.717, 1.165) is 25.7 Å². The highest BCUT2D eigenvalue weighted by atomic mass is 35.5. The number of benzene rings is 1. The highest BCUT2D eigenvalue weighted by Crippen LogP contribution is 2.32. The van der Waals surface area contributed by atoms with E-state index in [1.165, 1.54) is 23.1 Å². The molecular weight excluding hydrogens is 496 g/mol. The fraction of sp³-hybridized carbons (Fsp3) is 0.609. The van der Waals surface area contributed by atoms with Crippen molar-refractivity contribution in [2.24, 2.45) is 5.92 Å². The van der Waals surface area contributed by atoms with E-state index < -0.39 is 22.0 Å². The normalized spacial score (nSPS) is 23.0.